The zero-order chi connectivity index (χ0) is 10.4. The number of carboxylic acid groups (broad SMARTS) is 1. The second-order valence-corrected chi connectivity index (χ2v) is 3.13. The molecule has 0 radical (unpaired) electrons. The van der Waals surface area contributed by atoms with Crippen LogP contribution in [0.25, 0.3) is 11.0 Å². The predicted molar refractivity (Wildman–Crippen MR) is 49.3 cm³/mol. The first kappa shape index (κ1) is 8.16. The molecule has 0 spiro atoms. The van der Waals surface area contributed by atoms with Gasteiger partial charge in [0, 0.05) is 6.07 Å². The van der Waals surface area contributed by atoms with Gasteiger partial charge in [-0.2, -0.15) is 0 Å². The number of hydrogen-bond acceptors (Lipinski definition) is 4. The number of ether oxygens (including phenoxy) is 2. The second kappa shape index (κ2) is 2.66. The fraction of sp³-hybridized carbons (Fsp3) is 0.100. The van der Waals surface area contributed by atoms with Gasteiger partial charge in [-0.25, -0.2) is 4.79 Å². The third-order valence-corrected chi connectivity index (χ3v) is 2.24. The van der Waals surface area contributed by atoms with Crippen LogP contribution in [-0.4, -0.2) is 17.9 Å². The van der Waals surface area contributed by atoms with Gasteiger partial charge in [-0.05, 0) is 12.1 Å². The summed E-state index contributed by atoms with van der Waals surface area (Å²) < 4.78 is 15.5. The van der Waals surface area contributed by atoms with Crippen molar-refractivity contribution in [2.75, 3.05) is 6.79 Å². The van der Waals surface area contributed by atoms with Gasteiger partial charge in [-0.15, -0.1) is 0 Å². The summed E-state index contributed by atoms with van der Waals surface area (Å²) in [5.74, 6) is -0.0447. The van der Waals surface area contributed by atoms with Crippen LogP contribution >= 0.6 is 0 Å². The molecule has 5 heteroatoms. The Hall–Kier alpha value is -2.17. The Labute approximate surface area is 83.8 Å². The van der Waals surface area contributed by atoms with Crippen LogP contribution in [0.4, 0.5) is 0 Å². The first-order valence-corrected chi connectivity index (χ1v) is 4.31. The molecule has 2 heterocycles. The zero-order valence-electron chi connectivity index (χ0n) is 7.52. The fourth-order valence-corrected chi connectivity index (χ4v) is 1.59. The number of hydrogen-bond donors (Lipinski definition) is 1. The number of carboxylic acids is 1. The van der Waals surface area contributed by atoms with Crippen molar-refractivity contribution in [3.63, 3.8) is 0 Å². The SMILES string of the molecule is O=C(O)c1cc2c3c(ccc2o1)OCO3. The zero-order valence-corrected chi connectivity index (χ0v) is 7.52. The van der Waals surface area contributed by atoms with Crippen molar-refractivity contribution in [3.8, 4) is 11.5 Å². The summed E-state index contributed by atoms with van der Waals surface area (Å²) in [4.78, 5) is 10.7. The van der Waals surface area contributed by atoms with Crippen molar-refractivity contribution in [1.82, 2.24) is 0 Å². The minimum atomic E-state index is -1.10. The highest BCUT2D eigenvalue weighted by Gasteiger charge is 2.20. The molecule has 1 aliphatic heterocycles. The van der Waals surface area contributed by atoms with E-state index in [9.17, 15) is 4.79 Å². The van der Waals surface area contributed by atoms with Crippen LogP contribution < -0.4 is 9.47 Å². The normalized spacial score (nSPS) is 13.3. The van der Waals surface area contributed by atoms with E-state index in [1.807, 2.05) is 0 Å². The molecule has 0 amide bonds. The Balaban J connectivity index is 2.31. The first-order chi connectivity index (χ1) is 7.25. The molecule has 0 bridgehead atoms. The van der Waals surface area contributed by atoms with E-state index in [-0.39, 0.29) is 12.6 Å². The highest BCUT2D eigenvalue weighted by atomic mass is 16.7. The Bertz CT molecular complexity index is 554. The maximum atomic E-state index is 10.7. The second-order valence-electron chi connectivity index (χ2n) is 3.13. The number of rotatable bonds is 1. The number of benzene rings is 1. The lowest BCUT2D eigenvalue weighted by atomic mass is 10.2. The number of furan rings is 1. The number of aromatic carboxylic acids is 1. The highest BCUT2D eigenvalue weighted by molar-refractivity contribution is 5.95. The van der Waals surface area contributed by atoms with Gasteiger partial charge in [-0.1, -0.05) is 0 Å². The van der Waals surface area contributed by atoms with Gasteiger partial charge in [0.15, 0.2) is 11.5 Å². The molecule has 0 fully saturated rings. The molecule has 0 unspecified atom stereocenters. The average Bonchev–Trinajstić information content (AvgIpc) is 2.82. The van der Waals surface area contributed by atoms with Crippen molar-refractivity contribution < 1.29 is 23.8 Å². The fourth-order valence-electron chi connectivity index (χ4n) is 1.59. The van der Waals surface area contributed by atoms with Crippen molar-refractivity contribution in [3.05, 3.63) is 24.0 Å². The minimum Gasteiger partial charge on any atom is -0.475 e. The summed E-state index contributed by atoms with van der Waals surface area (Å²) in [6.45, 7) is 0.155. The van der Waals surface area contributed by atoms with E-state index < -0.39 is 5.97 Å². The summed E-state index contributed by atoms with van der Waals surface area (Å²) >= 11 is 0. The van der Waals surface area contributed by atoms with Crippen molar-refractivity contribution in [2.45, 2.75) is 0 Å². The summed E-state index contributed by atoms with van der Waals surface area (Å²) in [6, 6.07) is 4.79. The van der Waals surface area contributed by atoms with Gasteiger partial charge in [0.05, 0.1) is 5.39 Å². The lowest BCUT2D eigenvalue weighted by Crippen LogP contribution is -1.93. The molecule has 76 valence electrons. The van der Waals surface area contributed by atoms with Gasteiger partial charge in [0.25, 0.3) is 0 Å². The van der Waals surface area contributed by atoms with E-state index in [0.29, 0.717) is 22.5 Å². The van der Waals surface area contributed by atoms with Gasteiger partial charge >= 0.3 is 5.97 Å². The Morgan fingerprint density at radius 3 is 3.00 bits per heavy atom. The van der Waals surface area contributed by atoms with Crippen LogP contribution in [0.2, 0.25) is 0 Å². The molecular formula is C10H6O5. The third-order valence-electron chi connectivity index (χ3n) is 2.24. The van der Waals surface area contributed by atoms with E-state index >= 15 is 0 Å². The summed E-state index contributed by atoms with van der Waals surface area (Å²) in [5.41, 5.74) is 0.483. The molecule has 0 saturated heterocycles. The molecule has 1 aromatic carbocycles. The van der Waals surface area contributed by atoms with Crippen LogP contribution in [0.1, 0.15) is 10.6 Å². The summed E-state index contributed by atoms with van der Waals surface area (Å²) in [7, 11) is 0. The van der Waals surface area contributed by atoms with Crippen molar-refractivity contribution in [2.24, 2.45) is 0 Å². The topological polar surface area (TPSA) is 68.9 Å². The third kappa shape index (κ3) is 1.06. The summed E-state index contributed by atoms with van der Waals surface area (Å²) in [5, 5.41) is 9.40. The smallest absolute Gasteiger partial charge is 0.371 e. The molecule has 3 rings (SSSR count). The highest BCUT2D eigenvalue weighted by Crippen LogP contribution is 2.40. The van der Waals surface area contributed by atoms with Crippen LogP contribution in [0.3, 0.4) is 0 Å². The molecule has 0 saturated carbocycles. The summed E-state index contributed by atoms with van der Waals surface area (Å²) in [6.07, 6.45) is 0. The predicted octanol–water partition coefficient (Wildman–Crippen LogP) is 1.86. The average molecular weight is 206 g/mol. The van der Waals surface area contributed by atoms with Crippen molar-refractivity contribution >= 4 is 16.9 Å². The quantitative estimate of drug-likeness (QED) is 0.771. The van der Waals surface area contributed by atoms with E-state index in [0.717, 1.165) is 0 Å². The maximum Gasteiger partial charge on any atom is 0.371 e. The van der Waals surface area contributed by atoms with E-state index in [4.69, 9.17) is 19.0 Å². The minimum absolute atomic E-state index is 0.103. The monoisotopic (exact) mass is 206 g/mol. The van der Waals surface area contributed by atoms with E-state index in [1.54, 1.807) is 12.1 Å². The largest absolute Gasteiger partial charge is 0.475 e. The van der Waals surface area contributed by atoms with Crippen molar-refractivity contribution in [1.29, 1.82) is 0 Å². The van der Waals surface area contributed by atoms with Gasteiger partial charge in [0.1, 0.15) is 5.58 Å². The number of fused-ring (bicyclic) bond motifs is 3. The van der Waals surface area contributed by atoms with Crippen LogP contribution in [0.15, 0.2) is 22.6 Å². The van der Waals surface area contributed by atoms with Gasteiger partial charge in [-0.3, -0.25) is 0 Å². The van der Waals surface area contributed by atoms with Gasteiger partial charge < -0.3 is 19.0 Å². The lowest BCUT2D eigenvalue weighted by Gasteiger charge is -1.94. The Kier molecular flexibility index (Phi) is 1.45. The Morgan fingerprint density at radius 2 is 2.20 bits per heavy atom. The van der Waals surface area contributed by atoms with Crippen LogP contribution in [-0.2, 0) is 0 Å². The molecule has 5 nitrogen and oxygen atoms in total. The van der Waals surface area contributed by atoms with Gasteiger partial charge in [0.2, 0.25) is 12.6 Å². The molecule has 1 N–H and O–H groups in total. The molecule has 1 aliphatic rings. The van der Waals surface area contributed by atoms with E-state index in [1.165, 1.54) is 6.07 Å². The Morgan fingerprint density at radius 1 is 1.33 bits per heavy atom. The van der Waals surface area contributed by atoms with Crippen LogP contribution in [0.5, 0.6) is 11.5 Å². The molecule has 1 aromatic heterocycles. The molecular weight excluding hydrogens is 200 g/mol. The number of carbonyl (C=O) groups is 1. The first-order valence-electron chi connectivity index (χ1n) is 4.31. The molecule has 0 atom stereocenters. The standard InChI is InChI=1S/C10H6O5/c11-10(12)8-3-5-6(15-8)1-2-7-9(5)14-4-13-7/h1-3H,4H2,(H,11,12). The molecule has 15 heavy (non-hydrogen) atoms. The van der Waals surface area contributed by atoms with Crippen LogP contribution in [0, 0.1) is 0 Å². The molecule has 0 aliphatic carbocycles. The van der Waals surface area contributed by atoms with E-state index in [2.05, 4.69) is 0 Å². The lowest BCUT2D eigenvalue weighted by molar-refractivity contribution is 0.0665. The maximum absolute atomic E-state index is 10.7. The molecule has 2 aromatic rings.